The van der Waals surface area contributed by atoms with E-state index in [0.717, 1.165) is 6.07 Å². The summed E-state index contributed by atoms with van der Waals surface area (Å²) in [7, 11) is 3.08. The highest BCUT2D eigenvalue weighted by Gasteiger charge is 2.22. The molecule has 0 aliphatic carbocycles. The smallest absolute Gasteiger partial charge is 0.335 e. The van der Waals surface area contributed by atoms with Crippen molar-refractivity contribution in [3.05, 3.63) is 33.9 Å². The number of carboxylic acid groups (broad SMARTS) is 1. The summed E-state index contributed by atoms with van der Waals surface area (Å²) >= 11 is 0. The number of hydrogen-bond donors (Lipinski definition) is 2. The second-order valence-electron chi connectivity index (χ2n) is 4.66. The van der Waals surface area contributed by atoms with E-state index >= 15 is 0 Å². The molecule has 8 heteroatoms. The third-order valence-electron chi connectivity index (χ3n) is 3.07. The van der Waals surface area contributed by atoms with Crippen molar-refractivity contribution in [2.75, 3.05) is 25.5 Å². The molecular formula is C13H17N3O5. The van der Waals surface area contributed by atoms with E-state index in [-0.39, 0.29) is 29.4 Å². The molecule has 0 aromatic heterocycles. The molecule has 2 N–H and O–H groups in total. The minimum Gasteiger partial charge on any atom is -0.478 e. The van der Waals surface area contributed by atoms with Gasteiger partial charge in [-0.05, 0) is 12.1 Å². The Labute approximate surface area is 121 Å². The van der Waals surface area contributed by atoms with Crippen molar-refractivity contribution < 1.29 is 19.6 Å². The van der Waals surface area contributed by atoms with Crippen LogP contribution in [0, 0.1) is 16.0 Å². The summed E-state index contributed by atoms with van der Waals surface area (Å²) in [6.45, 7) is 1.91. The van der Waals surface area contributed by atoms with E-state index in [1.807, 2.05) is 0 Å². The molecule has 0 aliphatic rings. The molecule has 0 saturated carbocycles. The second kappa shape index (κ2) is 6.69. The Balaban J connectivity index is 3.13. The number of nitrogens with one attached hydrogen (secondary N) is 1. The van der Waals surface area contributed by atoms with Crippen LogP contribution in [-0.4, -0.2) is 42.5 Å². The molecule has 1 rings (SSSR count). The Hall–Kier alpha value is -2.64. The lowest BCUT2D eigenvalue weighted by Crippen LogP contribution is -2.34. The van der Waals surface area contributed by atoms with Crippen LogP contribution in [0.15, 0.2) is 18.2 Å². The molecule has 0 bridgehead atoms. The first-order chi connectivity index (χ1) is 9.77. The van der Waals surface area contributed by atoms with Gasteiger partial charge in [-0.3, -0.25) is 14.9 Å². The Kier molecular flexibility index (Phi) is 5.23. The number of benzene rings is 1. The number of carboxylic acids is 1. The number of nitrogens with zero attached hydrogens (tertiary/aromatic N) is 2. The van der Waals surface area contributed by atoms with Crippen molar-refractivity contribution in [3.63, 3.8) is 0 Å². The van der Waals surface area contributed by atoms with E-state index in [9.17, 15) is 19.7 Å². The van der Waals surface area contributed by atoms with Gasteiger partial charge in [-0.15, -0.1) is 0 Å². The predicted octanol–water partition coefficient (Wildman–Crippen LogP) is 1.11. The fraction of sp³-hybridized carbons (Fsp3) is 0.385. The van der Waals surface area contributed by atoms with Crippen LogP contribution in [-0.2, 0) is 4.79 Å². The molecule has 0 heterocycles. The lowest BCUT2D eigenvalue weighted by Gasteiger charge is -2.22. The third-order valence-corrected chi connectivity index (χ3v) is 3.07. The van der Waals surface area contributed by atoms with Crippen LogP contribution in [0.4, 0.5) is 11.4 Å². The van der Waals surface area contributed by atoms with E-state index in [1.54, 1.807) is 14.0 Å². The zero-order chi connectivity index (χ0) is 16.2. The zero-order valence-electron chi connectivity index (χ0n) is 12.0. The number of carbonyl (C=O) groups is 2. The molecule has 1 atom stereocenters. The summed E-state index contributed by atoms with van der Waals surface area (Å²) in [6, 6.07) is 3.57. The topological polar surface area (TPSA) is 113 Å². The Morgan fingerprint density at radius 1 is 1.48 bits per heavy atom. The van der Waals surface area contributed by atoms with E-state index in [0.29, 0.717) is 0 Å². The van der Waals surface area contributed by atoms with Crippen molar-refractivity contribution in [2.45, 2.75) is 6.92 Å². The highest BCUT2D eigenvalue weighted by Crippen LogP contribution is 2.29. The SMILES string of the molecule is CNC(=O)C(C)CN(C)c1cc(C(=O)O)ccc1[N+](=O)[O-]. The van der Waals surface area contributed by atoms with Crippen molar-refractivity contribution in [3.8, 4) is 0 Å². The summed E-state index contributed by atoms with van der Waals surface area (Å²) < 4.78 is 0. The van der Waals surface area contributed by atoms with E-state index in [2.05, 4.69) is 5.32 Å². The van der Waals surface area contributed by atoms with Gasteiger partial charge in [0.15, 0.2) is 0 Å². The Morgan fingerprint density at radius 2 is 2.10 bits per heavy atom. The van der Waals surface area contributed by atoms with Gasteiger partial charge in [0.1, 0.15) is 5.69 Å². The number of hydrogen-bond acceptors (Lipinski definition) is 5. The quantitative estimate of drug-likeness (QED) is 0.600. The zero-order valence-corrected chi connectivity index (χ0v) is 12.0. The Morgan fingerprint density at radius 3 is 2.57 bits per heavy atom. The normalized spacial score (nSPS) is 11.6. The largest absolute Gasteiger partial charge is 0.478 e. The van der Waals surface area contributed by atoms with Gasteiger partial charge >= 0.3 is 5.97 Å². The number of nitro groups is 1. The average molecular weight is 295 g/mol. The van der Waals surface area contributed by atoms with Gasteiger partial charge in [0.25, 0.3) is 5.69 Å². The van der Waals surface area contributed by atoms with E-state index in [1.165, 1.54) is 24.1 Å². The van der Waals surface area contributed by atoms with E-state index in [4.69, 9.17) is 5.11 Å². The number of carbonyl (C=O) groups excluding carboxylic acids is 1. The molecule has 0 aliphatic heterocycles. The highest BCUT2D eigenvalue weighted by atomic mass is 16.6. The fourth-order valence-electron chi connectivity index (χ4n) is 1.96. The number of anilines is 1. The van der Waals surface area contributed by atoms with Crippen LogP contribution in [0.1, 0.15) is 17.3 Å². The maximum atomic E-state index is 11.5. The molecule has 0 saturated heterocycles. The first-order valence-corrected chi connectivity index (χ1v) is 6.22. The lowest BCUT2D eigenvalue weighted by molar-refractivity contribution is -0.384. The highest BCUT2D eigenvalue weighted by molar-refractivity contribution is 5.90. The third kappa shape index (κ3) is 3.91. The maximum absolute atomic E-state index is 11.5. The summed E-state index contributed by atoms with van der Waals surface area (Å²) in [6.07, 6.45) is 0. The van der Waals surface area contributed by atoms with Gasteiger partial charge in [0, 0.05) is 26.7 Å². The van der Waals surface area contributed by atoms with Crippen molar-refractivity contribution in [1.82, 2.24) is 5.32 Å². The predicted molar refractivity (Wildman–Crippen MR) is 76.6 cm³/mol. The number of nitro benzene ring substituents is 1. The molecule has 21 heavy (non-hydrogen) atoms. The summed E-state index contributed by atoms with van der Waals surface area (Å²) in [4.78, 5) is 34.4. The summed E-state index contributed by atoms with van der Waals surface area (Å²) in [5.74, 6) is -1.76. The minimum atomic E-state index is -1.17. The number of amides is 1. The molecule has 114 valence electrons. The first-order valence-electron chi connectivity index (χ1n) is 6.22. The molecule has 0 fully saturated rings. The van der Waals surface area contributed by atoms with Gasteiger partial charge in [0.05, 0.1) is 16.4 Å². The molecule has 1 unspecified atom stereocenters. The van der Waals surface area contributed by atoms with Crippen molar-refractivity contribution >= 4 is 23.3 Å². The first kappa shape index (κ1) is 16.4. The standard InChI is InChI=1S/C13H17N3O5/c1-8(12(17)14-2)7-15(3)11-6-9(13(18)19)4-5-10(11)16(20)21/h4-6,8H,7H2,1-3H3,(H,14,17)(H,18,19). The summed E-state index contributed by atoms with van der Waals surface area (Å²) in [5.41, 5.74) is -0.0858. The van der Waals surface area contributed by atoms with Gasteiger partial charge in [-0.1, -0.05) is 6.92 Å². The molecule has 1 aromatic rings. The van der Waals surface area contributed by atoms with Crippen LogP contribution in [0.5, 0.6) is 0 Å². The number of aromatic carboxylic acids is 1. The molecule has 1 aromatic carbocycles. The molecule has 0 spiro atoms. The minimum absolute atomic E-state index is 0.0463. The van der Waals surface area contributed by atoms with Gasteiger partial charge in [0.2, 0.25) is 5.91 Å². The molecule has 0 radical (unpaired) electrons. The summed E-state index contributed by atoms with van der Waals surface area (Å²) in [5, 5.41) is 22.5. The van der Waals surface area contributed by atoms with Crippen LogP contribution >= 0.6 is 0 Å². The second-order valence-corrected chi connectivity index (χ2v) is 4.66. The lowest BCUT2D eigenvalue weighted by atomic mass is 10.1. The maximum Gasteiger partial charge on any atom is 0.335 e. The molecule has 8 nitrogen and oxygen atoms in total. The van der Waals surface area contributed by atoms with Gasteiger partial charge in [-0.25, -0.2) is 4.79 Å². The van der Waals surface area contributed by atoms with Crippen LogP contribution in [0.2, 0.25) is 0 Å². The van der Waals surface area contributed by atoms with Crippen molar-refractivity contribution in [1.29, 1.82) is 0 Å². The van der Waals surface area contributed by atoms with Crippen LogP contribution < -0.4 is 10.2 Å². The monoisotopic (exact) mass is 295 g/mol. The van der Waals surface area contributed by atoms with Crippen LogP contribution in [0.25, 0.3) is 0 Å². The Bertz CT molecular complexity index is 573. The molecule has 1 amide bonds. The van der Waals surface area contributed by atoms with Crippen LogP contribution in [0.3, 0.4) is 0 Å². The van der Waals surface area contributed by atoms with E-state index < -0.39 is 16.8 Å². The van der Waals surface area contributed by atoms with Crippen molar-refractivity contribution in [2.24, 2.45) is 5.92 Å². The average Bonchev–Trinajstić information content (AvgIpc) is 2.45. The number of rotatable bonds is 6. The van der Waals surface area contributed by atoms with Gasteiger partial charge in [-0.2, -0.15) is 0 Å². The fourth-order valence-corrected chi connectivity index (χ4v) is 1.96. The molecular weight excluding hydrogens is 278 g/mol. The van der Waals surface area contributed by atoms with Gasteiger partial charge < -0.3 is 15.3 Å².